The number of ether oxygens (including phenoxy) is 3. The van der Waals surface area contributed by atoms with Gasteiger partial charge < -0.3 is 24.3 Å². The van der Waals surface area contributed by atoms with Crippen LogP contribution in [0.1, 0.15) is 49.8 Å². The molecule has 0 aromatic heterocycles. The van der Waals surface area contributed by atoms with Crippen LogP contribution in [0.15, 0.2) is 22.9 Å². The standard InChI is InChI=1S/C21H28N2O4/c1-13-4-6-14(7-5-13)16(22-24)11-17-19-15(8-9-23(17)2)10-18-20(21(19)25-3)27-12-26-18/h4,10,14,17,24H,5-9,11-12H2,1-3H3/p+1/t14-,17+/m1/s1. The van der Waals surface area contributed by atoms with Crippen LogP contribution in [-0.4, -0.2) is 38.4 Å². The lowest BCUT2D eigenvalue weighted by Crippen LogP contribution is -3.10. The first-order valence-corrected chi connectivity index (χ1v) is 9.80. The number of fused-ring (bicyclic) bond motifs is 2. The molecule has 0 radical (unpaired) electrons. The summed E-state index contributed by atoms with van der Waals surface area (Å²) in [5.74, 6) is 2.57. The number of rotatable bonds is 4. The molecule has 0 fully saturated rings. The van der Waals surface area contributed by atoms with Gasteiger partial charge in [0.15, 0.2) is 11.5 Å². The Hall–Kier alpha value is -2.21. The van der Waals surface area contributed by atoms with Gasteiger partial charge in [0.1, 0.15) is 6.04 Å². The van der Waals surface area contributed by atoms with Gasteiger partial charge in [0.25, 0.3) is 0 Å². The third-order valence-electron chi connectivity index (χ3n) is 6.33. The Morgan fingerprint density at radius 3 is 2.93 bits per heavy atom. The van der Waals surface area contributed by atoms with Crippen molar-refractivity contribution in [3.63, 3.8) is 0 Å². The molecule has 27 heavy (non-hydrogen) atoms. The Bertz CT molecular complexity index is 787. The van der Waals surface area contributed by atoms with Crippen molar-refractivity contribution in [1.82, 2.24) is 0 Å². The van der Waals surface area contributed by atoms with Crippen LogP contribution < -0.4 is 19.1 Å². The first-order valence-electron chi connectivity index (χ1n) is 9.80. The number of hydrogen-bond acceptors (Lipinski definition) is 5. The Morgan fingerprint density at radius 2 is 2.22 bits per heavy atom. The van der Waals surface area contributed by atoms with E-state index in [1.807, 2.05) is 0 Å². The summed E-state index contributed by atoms with van der Waals surface area (Å²) in [6.45, 7) is 3.44. The summed E-state index contributed by atoms with van der Waals surface area (Å²) >= 11 is 0. The van der Waals surface area contributed by atoms with Gasteiger partial charge in [-0.2, -0.15) is 0 Å². The van der Waals surface area contributed by atoms with E-state index in [1.54, 1.807) is 7.11 Å². The van der Waals surface area contributed by atoms with Crippen molar-refractivity contribution < 1.29 is 24.3 Å². The second-order valence-corrected chi connectivity index (χ2v) is 7.93. The Kier molecular flexibility index (Phi) is 5.00. The van der Waals surface area contributed by atoms with Crippen molar-refractivity contribution in [2.75, 3.05) is 27.5 Å². The number of methoxy groups -OCH3 is 1. The summed E-state index contributed by atoms with van der Waals surface area (Å²) in [6, 6.07) is 2.28. The van der Waals surface area contributed by atoms with Crippen LogP contribution in [0.4, 0.5) is 0 Å². The monoisotopic (exact) mass is 373 g/mol. The smallest absolute Gasteiger partial charge is 0.231 e. The van der Waals surface area contributed by atoms with Gasteiger partial charge in [-0.15, -0.1) is 0 Å². The largest absolute Gasteiger partial charge is 0.492 e. The van der Waals surface area contributed by atoms with Crippen molar-refractivity contribution in [3.8, 4) is 17.2 Å². The molecule has 3 atom stereocenters. The fraction of sp³-hybridized carbons (Fsp3) is 0.571. The number of quaternary nitrogens is 1. The Morgan fingerprint density at radius 1 is 1.37 bits per heavy atom. The van der Waals surface area contributed by atoms with E-state index in [-0.39, 0.29) is 12.8 Å². The molecule has 1 aliphatic carbocycles. The molecule has 0 amide bonds. The zero-order valence-corrected chi connectivity index (χ0v) is 16.4. The van der Waals surface area contributed by atoms with Gasteiger partial charge >= 0.3 is 0 Å². The highest BCUT2D eigenvalue weighted by molar-refractivity contribution is 5.87. The van der Waals surface area contributed by atoms with Gasteiger partial charge in [0.05, 0.1) is 32.0 Å². The average molecular weight is 373 g/mol. The summed E-state index contributed by atoms with van der Waals surface area (Å²) < 4.78 is 17.1. The second-order valence-electron chi connectivity index (χ2n) is 7.93. The molecule has 0 saturated heterocycles. The molecule has 0 spiro atoms. The topological polar surface area (TPSA) is 64.7 Å². The van der Waals surface area contributed by atoms with Gasteiger partial charge in [0, 0.05) is 18.8 Å². The molecule has 4 rings (SSSR count). The normalized spacial score (nSPS) is 27.1. The van der Waals surface area contributed by atoms with Gasteiger partial charge in [-0.25, -0.2) is 0 Å². The third kappa shape index (κ3) is 3.27. The quantitative estimate of drug-likeness (QED) is 0.368. The van der Waals surface area contributed by atoms with Crippen molar-refractivity contribution in [1.29, 1.82) is 0 Å². The minimum absolute atomic E-state index is 0.177. The molecule has 0 bridgehead atoms. The van der Waals surface area contributed by atoms with Crippen LogP contribution in [0.5, 0.6) is 17.2 Å². The molecular formula is C21H29N2O4+. The van der Waals surface area contributed by atoms with E-state index in [4.69, 9.17) is 14.2 Å². The maximum absolute atomic E-state index is 9.77. The van der Waals surface area contributed by atoms with Crippen LogP contribution in [0.2, 0.25) is 0 Å². The maximum Gasteiger partial charge on any atom is 0.231 e. The highest BCUT2D eigenvalue weighted by atomic mass is 16.7. The lowest BCUT2D eigenvalue weighted by Gasteiger charge is -2.34. The van der Waals surface area contributed by atoms with E-state index >= 15 is 0 Å². The fourth-order valence-corrected chi connectivity index (χ4v) is 4.66. The molecule has 3 aliphatic rings. The van der Waals surface area contributed by atoms with Crippen LogP contribution in [0.25, 0.3) is 0 Å². The van der Waals surface area contributed by atoms with Crippen LogP contribution in [-0.2, 0) is 6.42 Å². The molecule has 2 N–H and O–H groups in total. The number of oxime groups is 1. The van der Waals surface area contributed by atoms with E-state index < -0.39 is 0 Å². The van der Waals surface area contributed by atoms with Gasteiger partial charge in [-0.05, 0) is 37.8 Å². The predicted molar refractivity (Wildman–Crippen MR) is 102 cm³/mol. The first-order chi connectivity index (χ1) is 13.1. The van der Waals surface area contributed by atoms with Crippen LogP contribution >= 0.6 is 0 Å². The van der Waals surface area contributed by atoms with Crippen molar-refractivity contribution in [2.45, 2.75) is 45.1 Å². The van der Waals surface area contributed by atoms with Crippen molar-refractivity contribution >= 4 is 5.71 Å². The minimum atomic E-state index is 0.177. The number of likely N-dealkylation sites (N-methyl/N-ethyl adjacent to an activating group) is 1. The molecule has 2 aliphatic heterocycles. The van der Waals surface area contributed by atoms with Gasteiger partial charge in [-0.1, -0.05) is 16.8 Å². The molecule has 6 nitrogen and oxygen atoms in total. The lowest BCUT2D eigenvalue weighted by atomic mass is 9.81. The summed E-state index contributed by atoms with van der Waals surface area (Å²) in [5.41, 5.74) is 4.76. The summed E-state index contributed by atoms with van der Waals surface area (Å²) in [4.78, 5) is 1.41. The number of benzene rings is 1. The number of nitrogens with one attached hydrogen (secondary N) is 1. The van der Waals surface area contributed by atoms with Crippen molar-refractivity contribution in [3.05, 3.63) is 28.8 Å². The lowest BCUT2D eigenvalue weighted by molar-refractivity contribution is -0.913. The third-order valence-corrected chi connectivity index (χ3v) is 6.33. The molecular weight excluding hydrogens is 344 g/mol. The number of nitrogens with zero attached hydrogens (tertiary/aromatic N) is 1. The Labute approximate surface area is 160 Å². The van der Waals surface area contributed by atoms with Crippen LogP contribution in [0.3, 0.4) is 0 Å². The summed E-state index contributed by atoms with van der Waals surface area (Å²) in [6.07, 6.45) is 7.07. The summed E-state index contributed by atoms with van der Waals surface area (Å²) in [7, 11) is 3.89. The van der Waals surface area contributed by atoms with Crippen molar-refractivity contribution in [2.24, 2.45) is 11.1 Å². The summed E-state index contributed by atoms with van der Waals surface area (Å²) in [5, 5.41) is 13.5. The van der Waals surface area contributed by atoms with E-state index in [0.29, 0.717) is 11.7 Å². The second kappa shape index (κ2) is 7.43. The first kappa shape index (κ1) is 18.2. The SMILES string of the molecule is COc1c2c(cc3c1[C@H](CC(=NO)[C@@H]1CC=C(C)CC1)[NH+](C)CC3)OCO2. The Balaban J connectivity index is 1.68. The van der Waals surface area contributed by atoms with E-state index in [9.17, 15) is 5.21 Å². The zero-order chi connectivity index (χ0) is 19.0. The molecule has 6 heteroatoms. The van der Waals surface area contributed by atoms with Gasteiger partial charge in [0.2, 0.25) is 12.5 Å². The van der Waals surface area contributed by atoms with E-state index in [2.05, 4.69) is 31.3 Å². The molecule has 146 valence electrons. The fourth-order valence-electron chi connectivity index (χ4n) is 4.66. The molecule has 2 heterocycles. The average Bonchev–Trinajstić information content (AvgIpc) is 3.15. The zero-order valence-electron chi connectivity index (χ0n) is 16.4. The van der Waals surface area contributed by atoms with Crippen LogP contribution in [0, 0.1) is 5.92 Å². The molecule has 1 aromatic carbocycles. The highest BCUT2D eigenvalue weighted by Crippen LogP contribution is 2.48. The maximum atomic E-state index is 9.77. The molecule has 1 unspecified atom stereocenters. The molecule has 0 saturated carbocycles. The van der Waals surface area contributed by atoms with E-state index in [0.717, 1.165) is 55.9 Å². The predicted octanol–water partition coefficient (Wildman–Crippen LogP) is 2.50. The minimum Gasteiger partial charge on any atom is -0.492 e. The highest BCUT2D eigenvalue weighted by Gasteiger charge is 2.38. The van der Waals surface area contributed by atoms with E-state index in [1.165, 1.54) is 21.6 Å². The number of allylic oxidation sites excluding steroid dienone is 2. The number of hydrogen-bond donors (Lipinski definition) is 2. The molecule has 1 aromatic rings. The van der Waals surface area contributed by atoms with Gasteiger partial charge in [-0.3, -0.25) is 0 Å².